The minimum atomic E-state index is -0.953. The van der Waals surface area contributed by atoms with Crippen LogP contribution in [0.3, 0.4) is 0 Å². The molecule has 0 aromatic heterocycles. The summed E-state index contributed by atoms with van der Waals surface area (Å²) in [6.07, 6.45) is 0.328. The third-order valence-corrected chi connectivity index (χ3v) is 6.37. The summed E-state index contributed by atoms with van der Waals surface area (Å²) in [5.74, 6) is -1.75. The van der Waals surface area contributed by atoms with Crippen molar-refractivity contribution >= 4 is 41.0 Å². The van der Waals surface area contributed by atoms with Crippen molar-refractivity contribution < 1.29 is 23.9 Å². The van der Waals surface area contributed by atoms with Gasteiger partial charge in [-0.3, -0.25) is 14.4 Å². The minimum absolute atomic E-state index is 0.134. The van der Waals surface area contributed by atoms with Crippen molar-refractivity contribution in [1.82, 2.24) is 4.90 Å². The first-order valence-corrected chi connectivity index (χ1v) is 11.8. The second-order valence-electron chi connectivity index (χ2n) is 8.57. The molecular formula is C28H25ClN2O5. The molecule has 0 bridgehead atoms. The third kappa shape index (κ3) is 5.31. The van der Waals surface area contributed by atoms with Gasteiger partial charge in [0, 0.05) is 17.1 Å². The van der Waals surface area contributed by atoms with E-state index in [9.17, 15) is 19.2 Å². The molecule has 1 atom stereocenters. The molecule has 7 nitrogen and oxygen atoms in total. The zero-order valence-electron chi connectivity index (χ0n) is 19.9. The Hall–Kier alpha value is -3.97. The second-order valence-corrected chi connectivity index (χ2v) is 9.01. The van der Waals surface area contributed by atoms with Crippen LogP contribution in [0.15, 0.2) is 72.8 Å². The molecule has 0 spiro atoms. The van der Waals surface area contributed by atoms with E-state index in [1.165, 1.54) is 36.3 Å². The van der Waals surface area contributed by atoms with Gasteiger partial charge in [-0.1, -0.05) is 41.4 Å². The van der Waals surface area contributed by atoms with E-state index in [4.69, 9.17) is 16.3 Å². The molecule has 1 fully saturated rings. The number of anilines is 1. The molecule has 1 aliphatic heterocycles. The summed E-state index contributed by atoms with van der Waals surface area (Å²) in [4.78, 5) is 54.3. The second kappa shape index (κ2) is 10.7. The topological polar surface area (TPSA) is 84.0 Å². The van der Waals surface area contributed by atoms with Gasteiger partial charge in [-0.25, -0.2) is 9.69 Å². The summed E-state index contributed by atoms with van der Waals surface area (Å²) >= 11 is 6.11. The molecule has 184 valence electrons. The monoisotopic (exact) mass is 504 g/mol. The molecule has 8 heteroatoms. The number of carbonyl (C=O) groups is 4. The number of ether oxygens (including phenoxy) is 1. The zero-order chi connectivity index (χ0) is 25.8. The Bertz CT molecular complexity index is 1300. The predicted octanol–water partition coefficient (Wildman–Crippen LogP) is 4.45. The van der Waals surface area contributed by atoms with Gasteiger partial charge in [-0.15, -0.1) is 0 Å². The number of esters is 1. The van der Waals surface area contributed by atoms with Crippen LogP contribution in [-0.2, 0) is 20.7 Å². The van der Waals surface area contributed by atoms with Crippen molar-refractivity contribution in [1.29, 1.82) is 0 Å². The van der Waals surface area contributed by atoms with Gasteiger partial charge in [-0.2, -0.15) is 0 Å². The fourth-order valence-electron chi connectivity index (χ4n) is 4.20. The molecule has 1 heterocycles. The van der Waals surface area contributed by atoms with Crippen LogP contribution < -0.4 is 4.90 Å². The van der Waals surface area contributed by atoms with Crippen LogP contribution in [-0.4, -0.2) is 48.3 Å². The lowest BCUT2D eigenvalue weighted by atomic mass is 10.1. The number of amides is 3. The number of nitrogens with zero attached hydrogens (tertiary/aromatic N) is 2. The summed E-state index contributed by atoms with van der Waals surface area (Å²) in [7, 11) is 1.28. The zero-order valence-corrected chi connectivity index (χ0v) is 20.7. The van der Waals surface area contributed by atoms with Crippen LogP contribution in [0, 0.1) is 6.92 Å². The van der Waals surface area contributed by atoms with Crippen molar-refractivity contribution in [3.63, 3.8) is 0 Å². The highest BCUT2D eigenvalue weighted by molar-refractivity contribution is 6.30. The maximum absolute atomic E-state index is 13.5. The van der Waals surface area contributed by atoms with E-state index in [1.54, 1.807) is 18.2 Å². The molecule has 0 aliphatic carbocycles. The van der Waals surface area contributed by atoms with E-state index >= 15 is 0 Å². The fourth-order valence-corrected chi connectivity index (χ4v) is 4.41. The third-order valence-electron chi connectivity index (χ3n) is 6.14. The SMILES string of the molecule is COC(=O)c1ccc(N2C(=O)CC(N(CCc3cccc(Cl)c3)C(=O)c3ccc(C)cc3)C2=O)cc1. The van der Waals surface area contributed by atoms with Crippen molar-refractivity contribution in [3.05, 3.63) is 100 Å². The van der Waals surface area contributed by atoms with Gasteiger partial charge in [0.05, 0.1) is 24.8 Å². The van der Waals surface area contributed by atoms with E-state index in [-0.39, 0.29) is 18.9 Å². The molecule has 3 amide bonds. The summed E-state index contributed by atoms with van der Waals surface area (Å²) in [6, 6.07) is 19.5. The van der Waals surface area contributed by atoms with Crippen LogP contribution in [0.2, 0.25) is 5.02 Å². The maximum Gasteiger partial charge on any atom is 0.337 e. The average Bonchev–Trinajstić information content (AvgIpc) is 3.17. The number of imide groups is 1. The van der Waals surface area contributed by atoms with Gasteiger partial charge < -0.3 is 9.64 Å². The van der Waals surface area contributed by atoms with E-state index in [0.717, 1.165) is 16.0 Å². The lowest BCUT2D eigenvalue weighted by molar-refractivity contribution is -0.122. The van der Waals surface area contributed by atoms with Gasteiger partial charge in [0.15, 0.2) is 0 Å². The molecule has 3 aromatic rings. The highest BCUT2D eigenvalue weighted by Crippen LogP contribution is 2.28. The number of rotatable bonds is 7. The van der Waals surface area contributed by atoms with Crippen molar-refractivity contribution in [3.8, 4) is 0 Å². The molecule has 0 radical (unpaired) electrons. The highest BCUT2D eigenvalue weighted by Gasteiger charge is 2.44. The Balaban J connectivity index is 1.62. The van der Waals surface area contributed by atoms with Gasteiger partial charge in [0.25, 0.3) is 11.8 Å². The van der Waals surface area contributed by atoms with Crippen LogP contribution in [0.5, 0.6) is 0 Å². The van der Waals surface area contributed by atoms with Crippen molar-refractivity contribution in [2.75, 3.05) is 18.6 Å². The van der Waals surface area contributed by atoms with E-state index in [2.05, 4.69) is 0 Å². The molecular weight excluding hydrogens is 480 g/mol. The Morgan fingerprint density at radius 2 is 1.67 bits per heavy atom. The molecule has 1 aliphatic rings. The maximum atomic E-state index is 13.5. The summed E-state index contributed by atoms with van der Waals surface area (Å²) < 4.78 is 4.70. The largest absolute Gasteiger partial charge is 0.465 e. The number of carbonyl (C=O) groups excluding carboxylic acids is 4. The van der Waals surface area contributed by atoms with Gasteiger partial charge in [0.1, 0.15) is 6.04 Å². The number of aryl methyl sites for hydroxylation is 1. The van der Waals surface area contributed by atoms with Gasteiger partial charge in [-0.05, 0) is 67.4 Å². The Kier molecular flexibility index (Phi) is 7.50. The van der Waals surface area contributed by atoms with E-state index in [0.29, 0.717) is 28.3 Å². The predicted molar refractivity (Wildman–Crippen MR) is 136 cm³/mol. The van der Waals surface area contributed by atoms with Gasteiger partial charge in [0.2, 0.25) is 5.91 Å². The molecule has 1 saturated heterocycles. The first-order valence-electron chi connectivity index (χ1n) is 11.5. The molecule has 0 saturated carbocycles. The highest BCUT2D eigenvalue weighted by atomic mass is 35.5. The fraction of sp³-hybridized carbons (Fsp3) is 0.214. The Labute approximate surface area is 214 Å². The lowest BCUT2D eigenvalue weighted by Crippen LogP contribution is -2.46. The number of hydrogen-bond acceptors (Lipinski definition) is 5. The molecule has 3 aromatic carbocycles. The summed E-state index contributed by atoms with van der Waals surface area (Å²) in [5, 5.41) is 0.581. The molecule has 1 unspecified atom stereocenters. The van der Waals surface area contributed by atoms with Crippen molar-refractivity contribution in [2.24, 2.45) is 0 Å². The number of benzene rings is 3. The lowest BCUT2D eigenvalue weighted by Gasteiger charge is -2.28. The van der Waals surface area contributed by atoms with E-state index in [1.807, 2.05) is 37.3 Å². The van der Waals surface area contributed by atoms with Crippen LogP contribution in [0.25, 0.3) is 0 Å². The average molecular weight is 505 g/mol. The smallest absolute Gasteiger partial charge is 0.337 e. The Morgan fingerprint density at radius 3 is 2.31 bits per heavy atom. The van der Waals surface area contributed by atoms with Crippen LogP contribution >= 0.6 is 11.6 Å². The standard InChI is InChI=1S/C28H25ClN2O5/c1-18-6-8-20(9-7-18)26(33)30(15-14-19-4-3-5-22(29)16-19)24-17-25(32)31(27(24)34)23-12-10-21(11-13-23)28(35)36-2/h3-13,16,24H,14-15,17H2,1-2H3. The number of methoxy groups -OCH3 is 1. The van der Waals surface area contributed by atoms with E-state index < -0.39 is 23.8 Å². The molecule has 36 heavy (non-hydrogen) atoms. The minimum Gasteiger partial charge on any atom is -0.465 e. The first-order chi connectivity index (χ1) is 17.3. The van der Waals surface area contributed by atoms with Crippen LogP contribution in [0.4, 0.5) is 5.69 Å². The number of halogens is 1. The quantitative estimate of drug-likeness (QED) is 0.350. The van der Waals surface area contributed by atoms with Crippen LogP contribution in [0.1, 0.15) is 38.3 Å². The van der Waals surface area contributed by atoms with Gasteiger partial charge >= 0.3 is 5.97 Å². The number of hydrogen-bond donors (Lipinski definition) is 0. The summed E-state index contributed by atoms with van der Waals surface area (Å²) in [5.41, 5.74) is 2.99. The Morgan fingerprint density at radius 1 is 1.00 bits per heavy atom. The molecule has 0 N–H and O–H groups in total. The normalized spacial score (nSPS) is 15.2. The first kappa shape index (κ1) is 25.1. The summed E-state index contributed by atoms with van der Waals surface area (Å²) in [6.45, 7) is 2.15. The van der Waals surface area contributed by atoms with Crippen molar-refractivity contribution in [2.45, 2.75) is 25.8 Å². The molecule has 4 rings (SSSR count).